The summed E-state index contributed by atoms with van der Waals surface area (Å²) in [7, 11) is 2.05. The molecule has 0 aliphatic carbocycles. The van der Waals surface area contributed by atoms with E-state index in [-0.39, 0.29) is 17.6 Å². The molecule has 1 amide bonds. The molecular formula is C23H22F3N3O. The van der Waals surface area contributed by atoms with Crippen molar-refractivity contribution in [2.45, 2.75) is 25.8 Å². The molecule has 1 fully saturated rings. The Bertz CT molecular complexity index is 1100. The molecule has 0 atom stereocenters. The zero-order valence-corrected chi connectivity index (χ0v) is 16.8. The second kappa shape index (κ2) is 8.07. The van der Waals surface area contributed by atoms with Gasteiger partial charge in [0.1, 0.15) is 17.5 Å². The topological polar surface area (TPSA) is 45.2 Å². The van der Waals surface area contributed by atoms with Crippen molar-refractivity contribution in [3.63, 3.8) is 0 Å². The predicted molar refractivity (Wildman–Crippen MR) is 110 cm³/mol. The minimum Gasteiger partial charge on any atom is -0.349 e. The molecule has 0 unspecified atom stereocenters. The van der Waals surface area contributed by atoms with Crippen LogP contribution in [0.5, 0.6) is 0 Å². The second-order valence-electron chi connectivity index (χ2n) is 7.85. The van der Waals surface area contributed by atoms with Gasteiger partial charge in [0.15, 0.2) is 0 Å². The fourth-order valence-electron chi connectivity index (χ4n) is 3.92. The van der Waals surface area contributed by atoms with Crippen molar-refractivity contribution < 1.29 is 18.0 Å². The normalized spacial score (nSPS) is 15.5. The summed E-state index contributed by atoms with van der Waals surface area (Å²) in [6.45, 7) is 3.66. The van der Waals surface area contributed by atoms with Crippen LogP contribution in [0.25, 0.3) is 22.0 Å². The maximum atomic E-state index is 14.4. The van der Waals surface area contributed by atoms with Crippen LogP contribution in [0.4, 0.5) is 13.2 Å². The monoisotopic (exact) mass is 413 g/mol. The lowest BCUT2D eigenvalue weighted by molar-refractivity contribution is 0.0917. The average molecular weight is 413 g/mol. The molecule has 1 saturated heterocycles. The standard InChI is InChI=1S/C23H22F3N3O/c1-13-12-27-22(21-19(25)10-15(24)11-20(21)26)18-9-14(3-4-17(13)18)23(30)28-16-5-7-29(2)8-6-16/h3-4,9-12,16H,5-8H2,1-2H3,(H,28,30). The Balaban J connectivity index is 1.75. The highest BCUT2D eigenvalue weighted by Gasteiger charge is 2.21. The summed E-state index contributed by atoms with van der Waals surface area (Å²) < 4.78 is 42.2. The number of rotatable bonds is 3. The quantitative estimate of drug-likeness (QED) is 0.690. The molecule has 4 nitrogen and oxygen atoms in total. The molecule has 156 valence electrons. The molecule has 0 saturated carbocycles. The van der Waals surface area contributed by atoms with E-state index < -0.39 is 23.0 Å². The smallest absolute Gasteiger partial charge is 0.251 e. The number of carbonyl (C=O) groups excluding carboxylic acids is 1. The summed E-state index contributed by atoms with van der Waals surface area (Å²) in [4.78, 5) is 19.2. The van der Waals surface area contributed by atoms with Crippen molar-refractivity contribution in [1.82, 2.24) is 15.2 Å². The van der Waals surface area contributed by atoms with E-state index in [0.29, 0.717) is 23.1 Å². The van der Waals surface area contributed by atoms with E-state index in [1.54, 1.807) is 18.2 Å². The van der Waals surface area contributed by atoms with Gasteiger partial charge in [-0.1, -0.05) is 6.07 Å². The third-order valence-corrected chi connectivity index (χ3v) is 5.65. The van der Waals surface area contributed by atoms with E-state index in [2.05, 4.69) is 15.2 Å². The molecule has 2 aromatic carbocycles. The van der Waals surface area contributed by atoms with E-state index in [0.717, 1.165) is 36.9 Å². The van der Waals surface area contributed by atoms with Crippen molar-refractivity contribution >= 4 is 16.7 Å². The van der Waals surface area contributed by atoms with Gasteiger partial charge in [-0.2, -0.15) is 0 Å². The Hall–Kier alpha value is -2.93. The maximum Gasteiger partial charge on any atom is 0.251 e. The second-order valence-corrected chi connectivity index (χ2v) is 7.85. The number of nitrogens with zero attached hydrogens (tertiary/aromatic N) is 2. The van der Waals surface area contributed by atoms with Gasteiger partial charge in [-0.25, -0.2) is 13.2 Å². The molecule has 1 N–H and O–H groups in total. The van der Waals surface area contributed by atoms with Crippen LogP contribution < -0.4 is 5.32 Å². The van der Waals surface area contributed by atoms with Crippen LogP contribution >= 0.6 is 0 Å². The average Bonchev–Trinajstić information content (AvgIpc) is 2.70. The van der Waals surface area contributed by atoms with Gasteiger partial charge in [-0.05, 0) is 63.0 Å². The Morgan fingerprint density at radius 3 is 2.40 bits per heavy atom. The largest absolute Gasteiger partial charge is 0.349 e. The number of hydrogen-bond acceptors (Lipinski definition) is 3. The van der Waals surface area contributed by atoms with Crippen molar-refractivity contribution in [2.24, 2.45) is 0 Å². The first-order valence-electron chi connectivity index (χ1n) is 9.87. The first-order valence-corrected chi connectivity index (χ1v) is 9.87. The summed E-state index contributed by atoms with van der Waals surface area (Å²) in [5.41, 5.74) is 0.825. The van der Waals surface area contributed by atoms with Gasteiger partial charge in [0.25, 0.3) is 5.91 Å². The zero-order chi connectivity index (χ0) is 21.4. The van der Waals surface area contributed by atoms with E-state index >= 15 is 0 Å². The fourth-order valence-corrected chi connectivity index (χ4v) is 3.92. The summed E-state index contributed by atoms with van der Waals surface area (Å²) in [6.07, 6.45) is 3.25. The first kappa shape index (κ1) is 20.3. The van der Waals surface area contributed by atoms with Gasteiger partial charge in [0.2, 0.25) is 0 Å². The number of likely N-dealkylation sites (tertiary alicyclic amines) is 1. The number of carbonyl (C=O) groups is 1. The summed E-state index contributed by atoms with van der Waals surface area (Å²) in [6, 6.07) is 6.38. The number of hydrogen-bond donors (Lipinski definition) is 1. The molecular weight excluding hydrogens is 391 g/mol. The molecule has 3 aromatic rings. The lowest BCUT2D eigenvalue weighted by atomic mass is 9.98. The van der Waals surface area contributed by atoms with Gasteiger partial charge in [0.05, 0.1) is 11.3 Å². The Morgan fingerprint density at radius 2 is 1.73 bits per heavy atom. The highest BCUT2D eigenvalue weighted by atomic mass is 19.1. The number of amides is 1. The van der Waals surface area contributed by atoms with Crippen LogP contribution in [-0.2, 0) is 0 Å². The molecule has 0 radical (unpaired) electrons. The van der Waals surface area contributed by atoms with E-state index in [1.807, 2.05) is 14.0 Å². The van der Waals surface area contributed by atoms with Crippen LogP contribution in [0, 0.1) is 24.4 Å². The van der Waals surface area contributed by atoms with Crippen LogP contribution in [0.1, 0.15) is 28.8 Å². The molecule has 1 aliphatic rings. The first-order chi connectivity index (χ1) is 14.3. The van der Waals surface area contributed by atoms with Gasteiger partial charge in [-0.15, -0.1) is 0 Å². The van der Waals surface area contributed by atoms with Crippen molar-refractivity contribution in [2.75, 3.05) is 20.1 Å². The predicted octanol–water partition coefficient (Wildman–Crippen LogP) is 4.45. The molecule has 0 bridgehead atoms. The number of piperidine rings is 1. The van der Waals surface area contributed by atoms with Gasteiger partial charge in [0, 0.05) is 35.3 Å². The highest BCUT2D eigenvalue weighted by Crippen LogP contribution is 2.33. The summed E-state index contributed by atoms with van der Waals surface area (Å²) >= 11 is 0. The molecule has 0 spiro atoms. The summed E-state index contributed by atoms with van der Waals surface area (Å²) in [5.74, 6) is -3.31. The fraction of sp³-hybridized carbons (Fsp3) is 0.304. The number of aryl methyl sites for hydroxylation is 1. The Morgan fingerprint density at radius 1 is 1.07 bits per heavy atom. The molecule has 4 rings (SSSR count). The minimum atomic E-state index is -1.04. The number of aromatic nitrogens is 1. The maximum absolute atomic E-state index is 14.4. The minimum absolute atomic E-state index is 0.0412. The van der Waals surface area contributed by atoms with Gasteiger partial charge < -0.3 is 10.2 Å². The van der Waals surface area contributed by atoms with Crippen molar-refractivity contribution in [1.29, 1.82) is 0 Å². The Labute approximate surface area is 172 Å². The third kappa shape index (κ3) is 3.89. The van der Waals surface area contributed by atoms with Crippen molar-refractivity contribution in [3.05, 3.63) is 65.1 Å². The molecule has 1 aromatic heterocycles. The SMILES string of the molecule is Cc1cnc(-c2c(F)cc(F)cc2F)c2cc(C(=O)NC3CCN(C)CC3)ccc12. The lowest BCUT2D eigenvalue weighted by Crippen LogP contribution is -2.43. The highest BCUT2D eigenvalue weighted by molar-refractivity contribution is 6.03. The van der Waals surface area contributed by atoms with E-state index in [4.69, 9.17) is 0 Å². The zero-order valence-electron chi connectivity index (χ0n) is 16.8. The van der Waals surface area contributed by atoms with Gasteiger partial charge in [-0.3, -0.25) is 9.78 Å². The molecule has 2 heterocycles. The van der Waals surface area contributed by atoms with Crippen LogP contribution in [-0.4, -0.2) is 42.0 Å². The molecule has 7 heteroatoms. The number of halogens is 3. The third-order valence-electron chi connectivity index (χ3n) is 5.65. The number of pyridine rings is 1. The lowest BCUT2D eigenvalue weighted by Gasteiger charge is -2.29. The van der Waals surface area contributed by atoms with Gasteiger partial charge >= 0.3 is 0 Å². The van der Waals surface area contributed by atoms with Crippen LogP contribution in [0.15, 0.2) is 36.5 Å². The van der Waals surface area contributed by atoms with Crippen molar-refractivity contribution in [3.8, 4) is 11.3 Å². The Kier molecular flexibility index (Phi) is 5.47. The summed E-state index contributed by atoms with van der Waals surface area (Å²) in [5, 5.41) is 4.20. The molecule has 30 heavy (non-hydrogen) atoms. The number of fused-ring (bicyclic) bond motifs is 1. The van der Waals surface area contributed by atoms with E-state index in [9.17, 15) is 18.0 Å². The molecule has 1 aliphatic heterocycles. The number of nitrogens with one attached hydrogen (secondary N) is 1. The van der Waals surface area contributed by atoms with Crippen LogP contribution in [0.3, 0.4) is 0 Å². The van der Waals surface area contributed by atoms with Crippen LogP contribution in [0.2, 0.25) is 0 Å². The number of benzene rings is 2. The van der Waals surface area contributed by atoms with E-state index in [1.165, 1.54) is 6.20 Å².